The molecule has 1 aliphatic carbocycles. The molecule has 1 spiro atoms. The van der Waals surface area contributed by atoms with E-state index in [1.807, 2.05) is 35.2 Å². The molecular formula is C22H23NO3. The number of carbonyl (C=O) groups excluding carboxylic acids is 2. The van der Waals surface area contributed by atoms with Crippen molar-refractivity contribution >= 4 is 11.9 Å². The number of hydrogen-bond donors (Lipinski definition) is 0. The SMILES string of the molecule is COC(=O)c1ccc2c(c1)C[C@]1(CCCN(Cc3ccccc3)C1=O)C2. The molecule has 0 aromatic heterocycles. The van der Waals surface area contributed by atoms with Crippen molar-refractivity contribution in [2.75, 3.05) is 13.7 Å². The molecule has 0 N–H and O–H groups in total. The summed E-state index contributed by atoms with van der Waals surface area (Å²) in [6.07, 6.45) is 3.43. The molecule has 26 heavy (non-hydrogen) atoms. The highest BCUT2D eigenvalue weighted by Gasteiger charge is 2.47. The summed E-state index contributed by atoms with van der Waals surface area (Å²) in [6, 6.07) is 15.9. The maximum absolute atomic E-state index is 13.3. The smallest absolute Gasteiger partial charge is 0.337 e. The summed E-state index contributed by atoms with van der Waals surface area (Å²) in [6.45, 7) is 1.49. The summed E-state index contributed by atoms with van der Waals surface area (Å²) >= 11 is 0. The monoisotopic (exact) mass is 349 g/mol. The third-order valence-electron chi connectivity index (χ3n) is 5.73. The van der Waals surface area contributed by atoms with E-state index < -0.39 is 0 Å². The molecule has 4 rings (SSSR count). The van der Waals surface area contributed by atoms with Crippen LogP contribution in [0.3, 0.4) is 0 Å². The lowest BCUT2D eigenvalue weighted by Gasteiger charge is -2.39. The second-order valence-corrected chi connectivity index (χ2v) is 7.42. The predicted molar refractivity (Wildman–Crippen MR) is 98.7 cm³/mol. The predicted octanol–water partition coefficient (Wildman–Crippen LogP) is 3.38. The van der Waals surface area contributed by atoms with Crippen LogP contribution in [-0.4, -0.2) is 30.4 Å². The minimum absolute atomic E-state index is 0.253. The Morgan fingerprint density at radius 3 is 2.65 bits per heavy atom. The number of carbonyl (C=O) groups is 2. The van der Waals surface area contributed by atoms with Gasteiger partial charge in [-0.25, -0.2) is 4.79 Å². The molecule has 134 valence electrons. The number of fused-ring (bicyclic) bond motifs is 1. The zero-order chi connectivity index (χ0) is 18.1. The Bertz CT molecular complexity index is 846. The molecule has 2 aromatic carbocycles. The first-order valence-electron chi connectivity index (χ1n) is 9.15. The first-order chi connectivity index (χ1) is 12.6. The standard InChI is InChI=1S/C22H23NO3/c1-26-20(24)17-8-9-18-13-22(14-19(18)12-17)10-5-11-23(21(22)25)15-16-6-3-2-4-7-16/h2-4,6-9,12H,5,10-11,13-15H2,1H3/t22-/m0/s1. The fourth-order valence-electron chi connectivity index (χ4n) is 4.43. The van der Waals surface area contributed by atoms with E-state index in [4.69, 9.17) is 4.74 Å². The van der Waals surface area contributed by atoms with Crippen molar-refractivity contribution in [2.24, 2.45) is 5.41 Å². The number of nitrogens with zero attached hydrogens (tertiary/aromatic N) is 1. The fourth-order valence-corrected chi connectivity index (χ4v) is 4.43. The van der Waals surface area contributed by atoms with Crippen LogP contribution in [-0.2, 0) is 28.9 Å². The van der Waals surface area contributed by atoms with Gasteiger partial charge in [-0.2, -0.15) is 0 Å². The van der Waals surface area contributed by atoms with Gasteiger partial charge in [0.2, 0.25) is 5.91 Å². The third kappa shape index (κ3) is 2.90. The van der Waals surface area contributed by atoms with Gasteiger partial charge in [0, 0.05) is 13.1 Å². The van der Waals surface area contributed by atoms with Gasteiger partial charge in [-0.3, -0.25) is 4.79 Å². The van der Waals surface area contributed by atoms with Gasteiger partial charge in [-0.15, -0.1) is 0 Å². The van der Waals surface area contributed by atoms with Crippen LogP contribution in [0.25, 0.3) is 0 Å². The molecule has 1 atom stereocenters. The number of esters is 1. The van der Waals surface area contributed by atoms with Crippen LogP contribution < -0.4 is 0 Å². The Labute approximate surface area is 153 Å². The largest absolute Gasteiger partial charge is 0.465 e. The summed E-state index contributed by atoms with van der Waals surface area (Å²) in [4.78, 5) is 27.1. The number of benzene rings is 2. The Kier molecular flexibility index (Phi) is 4.27. The van der Waals surface area contributed by atoms with Gasteiger partial charge in [-0.05, 0) is 54.5 Å². The van der Waals surface area contributed by atoms with Gasteiger partial charge >= 0.3 is 5.97 Å². The van der Waals surface area contributed by atoms with E-state index in [-0.39, 0.29) is 17.3 Å². The normalized spacial score (nSPS) is 21.7. The lowest BCUT2D eigenvalue weighted by atomic mass is 9.76. The van der Waals surface area contributed by atoms with Gasteiger partial charge in [-0.1, -0.05) is 36.4 Å². The van der Waals surface area contributed by atoms with E-state index in [0.29, 0.717) is 12.1 Å². The third-order valence-corrected chi connectivity index (χ3v) is 5.73. The quantitative estimate of drug-likeness (QED) is 0.798. The van der Waals surface area contributed by atoms with E-state index in [2.05, 4.69) is 12.1 Å². The van der Waals surface area contributed by atoms with Crippen LogP contribution in [0.5, 0.6) is 0 Å². The highest BCUT2D eigenvalue weighted by molar-refractivity contribution is 5.90. The number of piperidine rings is 1. The van der Waals surface area contributed by atoms with Crippen molar-refractivity contribution < 1.29 is 14.3 Å². The Morgan fingerprint density at radius 1 is 1.12 bits per heavy atom. The van der Waals surface area contributed by atoms with Gasteiger partial charge < -0.3 is 9.64 Å². The molecule has 1 aliphatic heterocycles. The van der Waals surface area contributed by atoms with E-state index >= 15 is 0 Å². The average Bonchev–Trinajstić information content (AvgIpc) is 3.04. The number of rotatable bonds is 3. The van der Waals surface area contributed by atoms with Crippen LogP contribution in [0.1, 0.15) is 39.9 Å². The summed E-state index contributed by atoms with van der Waals surface area (Å²) < 4.78 is 4.82. The molecule has 4 nitrogen and oxygen atoms in total. The lowest BCUT2D eigenvalue weighted by molar-refractivity contribution is -0.146. The van der Waals surface area contributed by atoms with Crippen molar-refractivity contribution in [1.29, 1.82) is 0 Å². The second-order valence-electron chi connectivity index (χ2n) is 7.42. The van der Waals surface area contributed by atoms with Crippen molar-refractivity contribution in [3.63, 3.8) is 0 Å². The van der Waals surface area contributed by atoms with Crippen LogP contribution in [0.4, 0.5) is 0 Å². The summed E-state index contributed by atoms with van der Waals surface area (Å²) in [5.74, 6) is -0.0714. The van der Waals surface area contributed by atoms with Gasteiger partial charge in [0.05, 0.1) is 18.1 Å². The van der Waals surface area contributed by atoms with Crippen LogP contribution >= 0.6 is 0 Å². The van der Waals surface area contributed by atoms with Crippen LogP contribution in [0.2, 0.25) is 0 Å². The number of ether oxygens (including phenoxy) is 1. The number of likely N-dealkylation sites (tertiary alicyclic amines) is 1. The molecule has 4 heteroatoms. The topological polar surface area (TPSA) is 46.6 Å². The molecule has 1 fully saturated rings. The molecule has 0 radical (unpaired) electrons. The van der Waals surface area contributed by atoms with E-state index in [9.17, 15) is 9.59 Å². The minimum Gasteiger partial charge on any atom is -0.465 e. The van der Waals surface area contributed by atoms with Crippen molar-refractivity contribution in [1.82, 2.24) is 4.90 Å². The van der Waals surface area contributed by atoms with Crippen molar-refractivity contribution in [3.05, 3.63) is 70.8 Å². The average molecular weight is 349 g/mol. The molecule has 1 heterocycles. The molecule has 0 saturated carbocycles. The molecule has 0 unspecified atom stereocenters. The van der Waals surface area contributed by atoms with Crippen molar-refractivity contribution in [3.8, 4) is 0 Å². The van der Waals surface area contributed by atoms with Crippen LogP contribution in [0, 0.1) is 5.41 Å². The van der Waals surface area contributed by atoms with Gasteiger partial charge in [0.15, 0.2) is 0 Å². The van der Waals surface area contributed by atoms with Crippen LogP contribution in [0.15, 0.2) is 48.5 Å². The Morgan fingerprint density at radius 2 is 1.88 bits per heavy atom. The number of hydrogen-bond acceptors (Lipinski definition) is 3. The highest BCUT2D eigenvalue weighted by atomic mass is 16.5. The van der Waals surface area contributed by atoms with Crippen molar-refractivity contribution in [2.45, 2.75) is 32.2 Å². The van der Waals surface area contributed by atoms with Gasteiger partial charge in [0.25, 0.3) is 0 Å². The lowest BCUT2D eigenvalue weighted by Crippen LogP contribution is -2.48. The molecule has 2 aromatic rings. The van der Waals surface area contributed by atoms with E-state index in [1.54, 1.807) is 6.07 Å². The number of methoxy groups -OCH3 is 1. The van der Waals surface area contributed by atoms with Gasteiger partial charge in [0.1, 0.15) is 0 Å². The Balaban J connectivity index is 1.56. The highest BCUT2D eigenvalue weighted by Crippen LogP contribution is 2.44. The Hall–Kier alpha value is -2.62. The summed E-state index contributed by atoms with van der Waals surface area (Å²) in [5, 5.41) is 0. The maximum Gasteiger partial charge on any atom is 0.337 e. The molecule has 1 amide bonds. The zero-order valence-electron chi connectivity index (χ0n) is 15.0. The molecule has 1 saturated heterocycles. The number of amides is 1. The second kappa shape index (κ2) is 6.60. The molecular weight excluding hydrogens is 326 g/mol. The molecule has 0 bridgehead atoms. The van der Waals surface area contributed by atoms with E-state index in [0.717, 1.165) is 37.8 Å². The molecule has 2 aliphatic rings. The zero-order valence-corrected chi connectivity index (χ0v) is 15.0. The first-order valence-corrected chi connectivity index (χ1v) is 9.15. The minimum atomic E-state index is -0.343. The summed E-state index contributed by atoms with van der Waals surface area (Å²) in [5.41, 5.74) is 3.69. The van der Waals surface area contributed by atoms with E-state index in [1.165, 1.54) is 18.2 Å². The fraction of sp³-hybridized carbons (Fsp3) is 0.364. The first kappa shape index (κ1) is 16.8. The maximum atomic E-state index is 13.3. The summed E-state index contributed by atoms with van der Waals surface area (Å²) in [7, 11) is 1.39.